The van der Waals surface area contributed by atoms with E-state index in [9.17, 15) is 4.79 Å². The van der Waals surface area contributed by atoms with Crippen LogP contribution in [0.3, 0.4) is 0 Å². The number of aromatic nitrogens is 2. The Kier molecular flexibility index (Phi) is 4.76. The highest BCUT2D eigenvalue weighted by atomic mass is 32.1. The van der Waals surface area contributed by atoms with E-state index in [2.05, 4.69) is 20.3 Å². The molecule has 0 aliphatic carbocycles. The minimum Gasteiger partial charge on any atom is -0.497 e. The first-order valence-corrected chi connectivity index (χ1v) is 8.39. The van der Waals surface area contributed by atoms with E-state index < -0.39 is 0 Å². The van der Waals surface area contributed by atoms with Gasteiger partial charge in [-0.3, -0.25) is 4.79 Å². The smallest absolute Gasteiger partial charge is 0.219 e. The van der Waals surface area contributed by atoms with E-state index in [1.54, 1.807) is 14.0 Å². The summed E-state index contributed by atoms with van der Waals surface area (Å²) < 4.78 is 9.71. The van der Waals surface area contributed by atoms with Crippen LogP contribution in [0, 0.1) is 0 Å². The number of piperazine rings is 1. The van der Waals surface area contributed by atoms with Gasteiger partial charge in [0.05, 0.1) is 7.11 Å². The number of carbonyl (C=O) groups is 1. The molecule has 1 amide bonds. The molecule has 1 aliphatic heterocycles. The van der Waals surface area contributed by atoms with Gasteiger partial charge in [0.15, 0.2) is 0 Å². The maximum Gasteiger partial charge on any atom is 0.219 e. The molecule has 6 nitrogen and oxygen atoms in total. The van der Waals surface area contributed by atoms with Crippen molar-refractivity contribution in [2.45, 2.75) is 13.3 Å². The molecule has 1 aromatic carbocycles. The van der Waals surface area contributed by atoms with Crippen molar-refractivity contribution in [3.63, 3.8) is 0 Å². The first kappa shape index (κ1) is 15.7. The van der Waals surface area contributed by atoms with Crippen LogP contribution >= 0.6 is 11.5 Å². The normalized spacial score (nSPS) is 14.9. The molecule has 23 heavy (non-hydrogen) atoms. The maximum atomic E-state index is 11.4. The van der Waals surface area contributed by atoms with Gasteiger partial charge in [-0.15, -0.1) is 0 Å². The molecule has 1 aromatic heterocycles. The number of benzene rings is 1. The average Bonchev–Trinajstić information content (AvgIpc) is 3.03. The van der Waals surface area contributed by atoms with Crippen molar-refractivity contribution in [3.8, 4) is 5.75 Å². The van der Waals surface area contributed by atoms with E-state index in [0.29, 0.717) is 6.42 Å². The summed E-state index contributed by atoms with van der Waals surface area (Å²) in [7, 11) is 1.67. The van der Waals surface area contributed by atoms with Gasteiger partial charge in [-0.1, -0.05) is 12.1 Å². The molecule has 2 heterocycles. The van der Waals surface area contributed by atoms with Gasteiger partial charge in [0.1, 0.15) is 11.6 Å². The van der Waals surface area contributed by atoms with Crippen molar-refractivity contribution in [1.82, 2.24) is 14.3 Å². The van der Waals surface area contributed by atoms with Crippen molar-refractivity contribution in [2.24, 2.45) is 0 Å². The molecule has 3 rings (SSSR count). The molecular weight excluding hydrogens is 312 g/mol. The summed E-state index contributed by atoms with van der Waals surface area (Å²) in [6.45, 7) is 4.74. The minimum absolute atomic E-state index is 0.139. The van der Waals surface area contributed by atoms with Crippen LogP contribution in [0.2, 0.25) is 0 Å². The molecule has 0 bridgehead atoms. The van der Waals surface area contributed by atoms with Gasteiger partial charge in [-0.25, -0.2) is 4.98 Å². The van der Waals surface area contributed by atoms with Gasteiger partial charge in [0, 0.05) is 51.1 Å². The SMILES string of the molecule is COc1cccc(Cc2nsc(N3CCN(C(C)=O)CC3)n2)c1. The number of hydrogen-bond acceptors (Lipinski definition) is 6. The largest absolute Gasteiger partial charge is 0.497 e. The lowest BCUT2D eigenvalue weighted by Gasteiger charge is -2.33. The van der Waals surface area contributed by atoms with Crippen molar-refractivity contribution in [1.29, 1.82) is 0 Å². The Balaban J connectivity index is 1.63. The zero-order valence-corrected chi connectivity index (χ0v) is 14.2. The van der Waals surface area contributed by atoms with E-state index in [-0.39, 0.29) is 5.91 Å². The second kappa shape index (κ2) is 6.95. The van der Waals surface area contributed by atoms with Crippen LogP contribution in [-0.4, -0.2) is 53.5 Å². The molecule has 122 valence electrons. The second-order valence-electron chi connectivity index (χ2n) is 5.51. The molecule has 0 atom stereocenters. The van der Waals surface area contributed by atoms with E-state index in [1.807, 2.05) is 23.1 Å². The van der Waals surface area contributed by atoms with Gasteiger partial charge in [0.2, 0.25) is 11.0 Å². The predicted molar refractivity (Wildman–Crippen MR) is 90.2 cm³/mol. The molecule has 1 fully saturated rings. The Hall–Kier alpha value is -2.15. The molecule has 0 unspecified atom stereocenters. The minimum atomic E-state index is 0.139. The molecule has 0 radical (unpaired) electrons. The zero-order valence-electron chi connectivity index (χ0n) is 13.4. The summed E-state index contributed by atoms with van der Waals surface area (Å²) in [6.07, 6.45) is 0.696. The monoisotopic (exact) mass is 332 g/mol. The number of ether oxygens (including phenoxy) is 1. The second-order valence-corrected chi connectivity index (χ2v) is 6.24. The average molecular weight is 332 g/mol. The van der Waals surface area contributed by atoms with Crippen molar-refractivity contribution in [2.75, 3.05) is 38.2 Å². The number of rotatable bonds is 4. The summed E-state index contributed by atoms with van der Waals surface area (Å²) in [5, 5.41) is 0.936. The highest BCUT2D eigenvalue weighted by Gasteiger charge is 2.21. The lowest BCUT2D eigenvalue weighted by Crippen LogP contribution is -2.48. The molecule has 2 aromatic rings. The summed E-state index contributed by atoms with van der Waals surface area (Å²) in [5.41, 5.74) is 1.13. The Labute approximate surface area is 139 Å². The molecule has 0 spiro atoms. The van der Waals surface area contributed by atoms with Gasteiger partial charge < -0.3 is 14.5 Å². The first-order valence-electron chi connectivity index (χ1n) is 7.61. The van der Waals surface area contributed by atoms with Crippen LogP contribution in [0.25, 0.3) is 0 Å². The van der Waals surface area contributed by atoms with E-state index in [1.165, 1.54) is 11.5 Å². The Morgan fingerprint density at radius 3 is 2.78 bits per heavy atom. The van der Waals surface area contributed by atoms with E-state index >= 15 is 0 Å². The fourth-order valence-electron chi connectivity index (χ4n) is 2.62. The number of carbonyl (C=O) groups excluding carboxylic acids is 1. The van der Waals surface area contributed by atoms with Gasteiger partial charge in [-0.2, -0.15) is 4.37 Å². The Morgan fingerprint density at radius 2 is 2.09 bits per heavy atom. The summed E-state index contributed by atoms with van der Waals surface area (Å²) in [5.74, 6) is 1.81. The van der Waals surface area contributed by atoms with Crippen molar-refractivity contribution < 1.29 is 9.53 Å². The van der Waals surface area contributed by atoms with Crippen molar-refractivity contribution in [3.05, 3.63) is 35.7 Å². The van der Waals surface area contributed by atoms with Crippen LogP contribution in [0.15, 0.2) is 24.3 Å². The molecule has 0 saturated carbocycles. The van der Waals surface area contributed by atoms with Gasteiger partial charge in [-0.05, 0) is 17.7 Å². The predicted octanol–water partition coefficient (Wildman–Crippen LogP) is 1.81. The topological polar surface area (TPSA) is 58.6 Å². The molecular formula is C16H20N4O2S. The van der Waals surface area contributed by atoms with Crippen LogP contribution < -0.4 is 9.64 Å². The zero-order chi connectivity index (χ0) is 16.2. The quantitative estimate of drug-likeness (QED) is 0.854. The number of anilines is 1. The van der Waals surface area contributed by atoms with Gasteiger partial charge >= 0.3 is 0 Å². The summed E-state index contributed by atoms with van der Waals surface area (Å²) in [6, 6.07) is 7.96. The number of hydrogen-bond donors (Lipinski definition) is 0. The van der Waals surface area contributed by atoms with E-state index in [0.717, 1.165) is 48.4 Å². The third-order valence-corrected chi connectivity index (χ3v) is 4.76. The number of amides is 1. The third kappa shape index (κ3) is 3.79. The highest BCUT2D eigenvalue weighted by molar-refractivity contribution is 7.09. The summed E-state index contributed by atoms with van der Waals surface area (Å²) >= 11 is 1.43. The maximum absolute atomic E-state index is 11.4. The highest BCUT2D eigenvalue weighted by Crippen LogP contribution is 2.21. The van der Waals surface area contributed by atoms with Crippen LogP contribution in [0.4, 0.5) is 5.13 Å². The lowest BCUT2D eigenvalue weighted by molar-refractivity contribution is -0.129. The fraction of sp³-hybridized carbons (Fsp3) is 0.438. The lowest BCUT2D eigenvalue weighted by atomic mass is 10.1. The third-order valence-electron chi connectivity index (χ3n) is 3.95. The molecule has 7 heteroatoms. The molecule has 1 saturated heterocycles. The standard InChI is InChI=1S/C16H20N4O2S/c1-12(21)19-6-8-20(9-7-19)16-17-15(18-23-16)11-13-4-3-5-14(10-13)22-2/h3-5,10H,6-9,11H2,1-2H3. The van der Waals surface area contributed by atoms with Crippen molar-refractivity contribution >= 4 is 22.6 Å². The first-order chi connectivity index (χ1) is 11.2. The summed E-state index contributed by atoms with van der Waals surface area (Å²) in [4.78, 5) is 20.1. The molecule has 0 N–H and O–H groups in total. The number of methoxy groups -OCH3 is 1. The Bertz CT molecular complexity index is 680. The Morgan fingerprint density at radius 1 is 1.30 bits per heavy atom. The number of nitrogens with zero attached hydrogens (tertiary/aromatic N) is 4. The van der Waals surface area contributed by atoms with Crippen LogP contribution in [-0.2, 0) is 11.2 Å². The van der Waals surface area contributed by atoms with E-state index in [4.69, 9.17) is 4.74 Å². The molecule has 1 aliphatic rings. The fourth-order valence-corrected chi connectivity index (χ4v) is 3.36. The van der Waals surface area contributed by atoms with Crippen LogP contribution in [0.1, 0.15) is 18.3 Å². The van der Waals surface area contributed by atoms with Crippen LogP contribution in [0.5, 0.6) is 5.75 Å². The van der Waals surface area contributed by atoms with Gasteiger partial charge in [0.25, 0.3) is 0 Å².